The predicted octanol–water partition coefficient (Wildman–Crippen LogP) is 2.62. The van der Waals surface area contributed by atoms with Crippen LogP contribution in [0.1, 0.15) is 31.7 Å². The van der Waals surface area contributed by atoms with E-state index in [9.17, 15) is 4.79 Å². The van der Waals surface area contributed by atoms with Gasteiger partial charge in [-0.2, -0.15) is 5.26 Å². The average Bonchev–Trinajstić information content (AvgIpc) is 3.28. The number of carbonyl (C=O) groups is 1. The van der Waals surface area contributed by atoms with Crippen LogP contribution in [-0.4, -0.2) is 30.4 Å². The molecule has 1 fully saturated rings. The van der Waals surface area contributed by atoms with E-state index in [2.05, 4.69) is 23.2 Å². The fourth-order valence-electron chi connectivity index (χ4n) is 2.16. The van der Waals surface area contributed by atoms with Gasteiger partial charge in [0.05, 0.1) is 11.6 Å². The second kappa shape index (κ2) is 7.06. The lowest BCUT2D eigenvalue weighted by Gasteiger charge is -2.19. The van der Waals surface area contributed by atoms with Crippen molar-refractivity contribution < 1.29 is 4.79 Å². The molecule has 0 bridgehead atoms. The Bertz CT molecular complexity index is 485. The minimum absolute atomic E-state index is 0.0314. The summed E-state index contributed by atoms with van der Waals surface area (Å²) in [4.78, 5) is 14.2. The summed E-state index contributed by atoms with van der Waals surface area (Å²) in [5.74, 6) is 0.889. The van der Waals surface area contributed by atoms with Crippen LogP contribution in [0, 0.1) is 17.2 Å². The van der Waals surface area contributed by atoms with Crippen molar-refractivity contribution in [3.05, 3.63) is 29.8 Å². The van der Waals surface area contributed by atoms with Crippen LogP contribution in [0.4, 0.5) is 5.69 Å². The quantitative estimate of drug-likeness (QED) is 0.829. The molecule has 1 aliphatic carbocycles. The van der Waals surface area contributed by atoms with Crippen LogP contribution in [0.15, 0.2) is 24.3 Å². The van der Waals surface area contributed by atoms with Gasteiger partial charge in [-0.3, -0.25) is 4.79 Å². The van der Waals surface area contributed by atoms with Crippen molar-refractivity contribution in [2.75, 3.05) is 25.0 Å². The van der Waals surface area contributed by atoms with Crippen molar-refractivity contribution in [3.63, 3.8) is 0 Å². The van der Waals surface area contributed by atoms with Crippen LogP contribution in [0.5, 0.6) is 0 Å². The normalized spacial score (nSPS) is 14.1. The van der Waals surface area contributed by atoms with Gasteiger partial charge in [0.15, 0.2) is 0 Å². The second-order valence-electron chi connectivity index (χ2n) is 5.32. The number of hydrogen-bond acceptors (Lipinski definition) is 3. The Morgan fingerprint density at radius 2 is 2.10 bits per heavy atom. The van der Waals surface area contributed by atoms with Crippen molar-refractivity contribution in [2.24, 2.45) is 5.92 Å². The molecule has 1 amide bonds. The highest BCUT2D eigenvalue weighted by molar-refractivity contribution is 5.90. The first-order valence-electron chi connectivity index (χ1n) is 7.23. The zero-order chi connectivity index (χ0) is 14.4. The van der Waals surface area contributed by atoms with E-state index in [1.54, 1.807) is 24.3 Å². The van der Waals surface area contributed by atoms with Crippen LogP contribution in [0.3, 0.4) is 0 Å². The molecule has 1 aliphatic rings. The van der Waals surface area contributed by atoms with Crippen molar-refractivity contribution >= 4 is 11.6 Å². The molecule has 0 spiro atoms. The highest BCUT2D eigenvalue weighted by Crippen LogP contribution is 2.29. The Morgan fingerprint density at radius 1 is 1.40 bits per heavy atom. The molecule has 2 rings (SSSR count). The summed E-state index contributed by atoms with van der Waals surface area (Å²) >= 11 is 0. The van der Waals surface area contributed by atoms with E-state index in [1.807, 2.05) is 0 Å². The Kier molecular flexibility index (Phi) is 5.14. The van der Waals surface area contributed by atoms with Crippen LogP contribution in [0.2, 0.25) is 0 Å². The minimum atomic E-state index is 0.0314. The van der Waals surface area contributed by atoms with Gasteiger partial charge in [0.2, 0.25) is 5.91 Å². The van der Waals surface area contributed by atoms with Gasteiger partial charge < -0.3 is 10.2 Å². The number of amides is 1. The van der Waals surface area contributed by atoms with Gasteiger partial charge in [-0.25, -0.2) is 0 Å². The van der Waals surface area contributed by atoms with E-state index in [0.717, 1.165) is 31.2 Å². The van der Waals surface area contributed by atoms with Gasteiger partial charge in [0.25, 0.3) is 0 Å². The molecule has 4 heteroatoms. The Morgan fingerprint density at radius 3 is 2.65 bits per heavy atom. The summed E-state index contributed by atoms with van der Waals surface area (Å²) in [7, 11) is 0. The summed E-state index contributed by atoms with van der Waals surface area (Å²) in [6, 6.07) is 9.00. The highest BCUT2D eigenvalue weighted by atomic mass is 16.1. The fraction of sp³-hybridized carbons (Fsp3) is 0.500. The average molecular weight is 271 g/mol. The van der Waals surface area contributed by atoms with Gasteiger partial charge in [-0.15, -0.1) is 0 Å². The largest absolute Gasteiger partial charge is 0.326 e. The molecule has 0 radical (unpaired) electrons. The maximum atomic E-state index is 11.9. The topological polar surface area (TPSA) is 56.1 Å². The number of carbonyl (C=O) groups excluding carboxylic acids is 1. The van der Waals surface area contributed by atoms with Gasteiger partial charge in [0.1, 0.15) is 0 Å². The van der Waals surface area contributed by atoms with Crippen molar-refractivity contribution in [2.45, 2.75) is 26.2 Å². The smallest absolute Gasteiger partial charge is 0.225 e. The van der Waals surface area contributed by atoms with Crippen LogP contribution < -0.4 is 5.32 Å². The molecule has 0 aromatic heterocycles. The molecule has 1 aromatic carbocycles. The summed E-state index contributed by atoms with van der Waals surface area (Å²) in [6.07, 6.45) is 3.20. The molecule has 0 heterocycles. The molecule has 106 valence electrons. The fourth-order valence-corrected chi connectivity index (χ4v) is 2.16. The van der Waals surface area contributed by atoms with E-state index >= 15 is 0 Å². The van der Waals surface area contributed by atoms with Crippen molar-refractivity contribution in [1.29, 1.82) is 5.26 Å². The highest BCUT2D eigenvalue weighted by Gasteiger charge is 2.23. The first-order chi connectivity index (χ1) is 9.71. The maximum Gasteiger partial charge on any atom is 0.225 e. The summed E-state index contributed by atoms with van der Waals surface area (Å²) in [5, 5.41) is 11.6. The molecular weight excluding hydrogens is 250 g/mol. The lowest BCUT2D eigenvalue weighted by atomic mass is 10.2. The van der Waals surface area contributed by atoms with E-state index in [4.69, 9.17) is 5.26 Å². The van der Waals surface area contributed by atoms with Crippen LogP contribution in [0.25, 0.3) is 0 Å². The standard InChI is InChI=1S/C16H21N3O/c1-2-19(12-14-3-4-14)10-9-16(20)18-15-7-5-13(11-17)6-8-15/h5-8,14H,2-4,9-10,12H2,1H3,(H,18,20). The lowest BCUT2D eigenvalue weighted by Crippen LogP contribution is -2.29. The number of anilines is 1. The Labute approximate surface area is 120 Å². The molecule has 0 aliphatic heterocycles. The summed E-state index contributed by atoms with van der Waals surface area (Å²) in [5.41, 5.74) is 1.35. The number of hydrogen-bond donors (Lipinski definition) is 1. The SMILES string of the molecule is CCN(CCC(=O)Nc1ccc(C#N)cc1)CC1CC1. The van der Waals surface area contributed by atoms with Crippen molar-refractivity contribution in [1.82, 2.24) is 4.90 Å². The van der Waals surface area contributed by atoms with Crippen LogP contribution in [-0.2, 0) is 4.79 Å². The molecule has 1 saturated carbocycles. The number of nitrogens with one attached hydrogen (secondary N) is 1. The number of nitriles is 1. The van der Waals surface area contributed by atoms with Crippen LogP contribution >= 0.6 is 0 Å². The number of nitrogens with zero attached hydrogens (tertiary/aromatic N) is 2. The third-order valence-corrected chi connectivity index (χ3v) is 3.61. The molecule has 4 nitrogen and oxygen atoms in total. The van der Waals surface area contributed by atoms with Gasteiger partial charge >= 0.3 is 0 Å². The first kappa shape index (κ1) is 14.5. The number of benzene rings is 1. The first-order valence-corrected chi connectivity index (χ1v) is 7.23. The van der Waals surface area contributed by atoms with E-state index in [-0.39, 0.29) is 5.91 Å². The zero-order valence-corrected chi connectivity index (χ0v) is 11.9. The molecule has 0 atom stereocenters. The molecule has 20 heavy (non-hydrogen) atoms. The molecule has 0 unspecified atom stereocenters. The maximum absolute atomic E-state index is 11.9. The van der Waals surface area contributed by atoms with Gasteiger partial charge in [-0.1, -0.05) is 6.92 Å². The Hall–Kier alpha value is -1.86. The van der Waals surface area contributed by atoms with E-state index in [0.29, 0.717) is 12.0 Å². The summed E-state index contributed by atoms with van der Waals surface area (Å²) < 4.78 is 0. The van der Waals surface area contributed by atoms with Gasteiger partial charge in [0, 0.05) is 25.2 Å². The minimum Gasteiger partial charge on any atom is -0.326 e. The third kappa shape index (κ3) is 4.67. The van der Waals surface area contributed by atoms with Crippen molar-refractivity contribution in [3.8, 4) is 6.07 Å². The molecule has 1 N–H and O–H groups in total. The lowest BCUT2D eigenvalue weighted by molar-refractivity contribution is -0.116. The van der Waals surface area contributed by atoms with Gasteiger partial charge in [-0.05, 0) is 49.6 Å². The molecule has 0 saturated heterocycles. The molecule has 1 aromatic rings. The number of rotatable bonds is 7. The van der Waals surface area contributed by atoms with E-state index < -0.39 is 0 Å². The molecular formula is C16H21N3O. The summed E-state index contributed by atoms with van der Waals surface area (Å²) in [6.45, 7) is 5.08. The predicted molar refractivity (Wildman–Crippen MR) is 79.2 cm³/mol. The van der Waals surface area contributed by atoms with E-state index in [1.165, 1.54) is 12.8 Å². The third-order valence-electron chi connectivity index (χ3n) is 3.61. The Balaban J connectivity index is 1.74. The second-order valence-corrected chi connectivity index (χ2v) is 5.32. The zero-order valence-electron chi connectivity index (χ0n) is 11.9. The monoisotopic (exact) mass is 271 g/mol.